The second-order valence-corrected chi connectivity index (χ2v) is 9.88. The minimum atomic E-state index is -3.77. The van der Waals surface area contributed by atoms with Crippen LogP contribution in [0.4, 0.5) is 5.69 Å². The summed E-state index contributed by atoms with van der Waals surface area (Å²) in [5.74, 6) is -0.0665. The van der Waals surface area contributed by atoms with Gasteiger partial charge in [0.2, 0.25) is 10.0 Å². The molecule has 2 saturated heterocycles. The van der Waals surface area contributed by atoms with Crippen LogP contribution in [0, 0.1) is 10.1 Å². The molecule has 0 saturated carbocycles. The smallest absolute Gasteiger partial charge is 0.312 e. The monoisotopic (exact) mass is 443 g/mol. The van der Waals surface area contributed by atoms with Gasteiger partial charge in [-0.2, -0.15) is 4.31 Å². The molecule has 0 unspecified atom stereocenters. The first-order valence-corrected chi connectivity index (χ1v) is 11.6. The third-order valence-corrected chi connectivity index (χ3v) is 7.12. The molecule has 3 rings (SSSR count). The SMILES string of the molecule is C[C@@H]1CN(C[C@@H](O)COc2ccc(S(=O)(=O)N3CCCC3)cc2[N+](=O)[O-])C[C@H](C)O1. The lowest BCUT2D eigenvalue weighted by Gasteiger charge is -2.36. The van der Waals surface area contributed by atoms with Crippen molar-refractivity contribution in [1.29, 1.82) is 0 Å². The van der Waals surface area contributed by atoms with Crippen LogP contribution in [0.5, 0.6) is 5.75 Å². The number of ether oxygens (including phenoxy) is 2. The summed E-state index contributed by atoms with van der Waals surface area (Å²) in [5.41, 5.74) is -0.434. The van der Waals surface area contributed by atoms with E-state index < -0.39 is 26.7 Å². The van der Waals surface area contributed by atoms with E-state index >= 15 is 0 Å². The van der Waals surface area contributed by atoms with Crippen molar-refractivity contribution in [3.8, 4) is 5.75 Å². The van der Waals surface area contributed by atoms with Gasteiger partial charge in [-0.3, -0.25) is 15.0 Å². The van der Waals surface area contributed by atoms with Gasteiger partial charge in [-0.05, 0) is 38.8 Å². The van der Waals surface area contributed by atoms with Gasteiger partial charge in [0.1, 0.15) is 12.7 Å². The van der Waals surface area contributed by atoms with Crippen LogP contribution in [-0.4, -0.2) is 85.3 Å². The number of aliphatic hydroxyl groups excluding tert-OH is 1. The van der Waals surface area contributed by atoms with Gasteiger partial charge in [-0.25, -0.2) is 8.42 Å². The Balaban J connectivity index is 1.66. The molecule has 10 nitrogen and oxygen atoms in total. The quantitative estimate of drug-likeness (QED) is 0.470. The van der Waals surface area contributed by atoms with Gasteiger partial charge in [0.05, 0.1) is 22.0 Å². The fourth-order valence-corrected chi connectivity index (χ4v) is 5.51. The van der Waals surface area contributed by atoms with E-state index in [9.17, 15) is 23.6 Å². The van der Waals surface area contributed by atoms with Gasteiger partial charge >= 0.3 is 5.69 Å². The van der Waals surface area contributed by atoms with Crippen LogP contribution in [0.3, 0.4) is 0 Å². The molecule has 30 heavy (non-hydrogen) atoms. The van der Waals surface area contributed by atoms with E-state index in [4.69, 9.17) is 9.47 Å². The number of hydrogen-bond donors (Lipinski definition) is 1. The molecule has 1 aromatic rings. The van der Waals surface area contributed by atoms with Crippen LogP contribution < -0.4 is 4.74 Å². The van der Waals surface area contributed by atoms with E-state index in [0.717, 1.165) is 18.9 Å². The maximum atomic E-state index is 12.7. The highest BCUT2D eigenvalue weighted by Gasteiger charge is 2.30. The number of morpholine rings is 1. The maximum absolute atomic E-state index is 12.7. The Kier molecular flexibility index (Phi) is 7.30. The lowest BCUT2D eigenvalue weighted by molar-refractivity contribution is -0.386. The molecular formula is C19H29N3O7S. The second kappa shape index (κ2) is 9.56. The molecule has 0 bridgehead atoms. The first-order chi connectivity index (χ1) is 14.2. The predicted octanol–water partition coefficient (Wildman–Crippen LogP) is 1.23. The van der Waals surface area contributed by atoms with Crippen molar-refractivity contribution in [3.05, 3.63) is 28.3 Å². The molecule has 168 valence electrons. The average molecular weight is 444 g/mol. The van der Waals surface area contributed by atoms with E-state index in [1.807, 2.05) is 13.8 Å². The van der Waals surface area contributed by atoms with E-state index in [0.29, 0.717) is 32.7 Å². The average Bonchev–Trinajstić information content (AvgIpc) is 3.21. The van der Waals surface area contributed by atoms with Crippen molar-refractivity contribution in [1.82, 2.24) is 9.21 Å². The Labute approximate surface area is 176 Å². The van der Waals surface area contributed by atoms with Gasteiger partial charge in [-0.15, -0.1) is 0 Å². The number of aliphatic hydroxyl groups is 1. The molecule has 3 atom stereocenters. The molecule has 2 aliphatic heterocycles. The van der Waals surface area contributed by atoms with Crippen molar-refractivity contribution < 1.29 is 27.9 Å². The fourth-order valence-electron chi connectivity index (χ4n) is 3.97. The Morgan fingerprint density at radius 2 is 1.90 bits per heavy atom. The molecule has 2 heterocycles. The van der Waals surface area contributed by atoms with Crippen LogP contribution in [0.25, 0.3) is 0 Å². The Hall–Kier alpha value is -1.79. The van der Waals surface area contributed by atoms with Crippen molar-refractivity contribution in [3.63, 3.8) is 0 Å². The van der Waals surface area contributed by atoms with Gasteiger partial charge in [0, 0.05) is 38.8 Å². The Morgan fingerprint density at radius 1 is 1.27 bits per heavy atom. The lowest BCUT2D eigenvalue weighted by atomic mass is 10.2. The molecule has 1 aromatic carbocycles. The molecule has 2 aliphatic rings. The zero-order valence-corrected chi connectivity index (χ0v) is 18.1. The molecule has 1 N–H and O–H groups in total. The summed E-state index contributed by atoms with van der Waals surface area (Å²) in [6, 6.07) is 3.63. The number of benzene rings is 1. The number of β-amino-alcohol motifs (C(OH)–C–C–N with tert-alkyl or cyclic N) is 1. The third-order valence-electron chi connectivity index (χ3n) is 5.23. The van der Waals surface area contributed by atoms with Gasteiger partial charge in [0.15, 0.2) is 5.75 Å². The summed E-state index contributed by atoms with van der Waals surface area (Å²) in [6.07, 6.45) is 0.832. The normalized spacial score (nSPS) is 24.6. The number of nitro benzene ring substituents is 1. The third kappa shape index (κ3) is 5.46. The predicted molar refractivity (Wildman–Crippen MR) is 109 cm³/mol. The molecule has 2 fully saturated rings. The molecule has 0 radical (unpaired) electrons. The number of rotatable bonds is 8. The summed E-state index contributed by atoms with van der Waals surface area (Å²) in [7, 11) is -3.77. The van der Waals surface area contributed by atoms with Crippen LogP contribution in [0.15, 0.2) is 23.1 Å². The van der Waals surface area contributed by atoms with Gasteiger partial charge in [-0.1, -0.05) is 0 Å². The van der Waals surface area contributed by atoms with E-state index in [1.54, 1.807) is 0 Å². The zero-order valence-electron chi connectivity index (χ0n) is 17.3. The van der Waals surface area contributed by atoms with Crippen molar-refractivity contribution in [2.75, 3.05) is 39.3 Å². The van der Waals surface area contributed by atoms with Crippen molar-refractivity contribution >= 4 is 15.7 Å². The number of nitrogens with zero attached hydrogens (tertiary/aromatic N) is 3. The molecular weight excluding hydrogens is 414 g/mol. The standard InChI is InChI=1S/C19H29N3O7S/c1-14-10-20(11-15(2)29-14)12-16(23)13-28-19-6-5-17(9-18(19)22(24)25)30(26,27)21-7-3-4-8-21/h5-6,9,14-16,23H,3-4,7-8,10-13H2,1-2H3/t14-,15+,16-/m1/s1. The molecule has 0 aromatic heterocycles. The van der Waals surface area contributed by atoms with Crippen LogP contribution in [-0.2, 0) is 14.8 Å². The fraction of sp³-hybridized carbons (Fsp3) is 0.684. The summed E-state index contributed by atoms with van der Waals surface area (Å²) in [6.45, 7) is 6.35. The first-order valence-electron chi connectivity index (χ1n) is 10.1. The zero-order chi connectivity index (χ0) is 21.9. The first kappa shape index (κ1) is 22.9. The molecule has 0 aliphatic carbocycles. The van der Waals surface area contributed by atoms with Crippen molar-refractivity contribution in [2.24, 2.45) is 0 Å². The maximum Gasteiger partial charge on any atom is 0.312 e. The van der Waals surface area contributed by atoms with Gasteiger partial charge < -0.3 is 14.6 Å². The van der Waals surface area contributed by atoms with E-state index in [2.05, 4.69) is 4.90 Å². The van der Waals surface area contributed by atoms with Crippen molar-refractivity contribution in [2.45, 2.75) is 49.9 Å². The summed E-state index contributed by atoms with van der Waals surface area (Å²) >= 11 is 0. The Morgan fingerprint density at radius 3 is 2.50 bits per heavy atom. The largest absolute Gasteiger partial charge is 0.484 e. The number of hydrogen-bond acceptors (Lipinski definition) is 8. The lowest BCUT2D eigenvalue weighted by Crippen LogP contribution is -2.48. The number of sulfonamides is 1. The molecule has 11 heteroatoms. The Bertz CT molecular complexity index is 848. The topological polar surface area (TPSA) is 122 Å². The highest BCUT2D eigenvalue weighted by atomic mass is 32.2. The van der Waals surface area contributed by atoms with Gasteiger partial charge in [0.25, 0.3) is 0 Å². The summed E-state index contributed by atoms with van der Waals surface area (Å²) < 4.78 is 37.8. The summed E-state index contributed by atoms with van der Waals surface area (Å²) in [4.78, 5) is 12.8. The number of nitro groups is 1. The highest BCUT2D eigenvalue weighted by molar-refractivity contribution is 7.89. The summed E-state index contributed by atoms with van der Waals surface area (Å²) in [5, 5.41) is 21.8. The van der Waals surface area contributed by atoms with E-state index in [1.165, 1.54) is 16.4 Å². The highest BCUT2D eigenvalue weighted by Crippen LogP contribution is 2.32. The van der Waals surface area contributed by atoms with Crippen LogP contribution in [0.1, 0.15) is 26.7 Å². The minimum absolute atomic E-state index is 0.0630. The van der Waals surface area contributed by atoms with E-state index in [-0.39, 0.29) is 29.5 Å². The molecule has 0 amide bonds. The van der Waals surface area contributed by atoms with Crippen LogP contribution in [0.2, 0.25) is 0 Å². The minimum Gasteiger partial charge on any atom is -0.484 e. The van der Waals surface area contributed by atoms with Crippen LogP contribution >= 0.6 is 0 Å². The second-order valence-electron chi connectivity index (χ2n) is 7.94. The molecule has 0 spiro atoms.